The third kappa shape index (κ3) is 6.09. The number of nitrogens with zero attached hydrogens (tertiary/aromatic N) is 3. The van der Waals surface area contributed by atoms with Gasteiger partial charge in [0.15, 0.2) is 5.82 Å². The van der Waals surface area contributed by atoms with Gasteiger partial charge in [0.25, 0.3) is 0 Å². The van der Waals surface area contributed by atoms with Crippen molar-refractivity contribution in [1.29, 1.82) is 0 Å². The zero-order valence-electron chi connectivity index (χ0n) is 12.4. The Balaban J connectivity index is 1.80. The van der Waals surface area contributed by atoms with Gasteiger partial charge in [0.1, 0.15) is 6.33 Å². The number of benzene rings is 1. The molecular formula is C15H17F3N4O. The van der Waals surface area contributed by atoms with E-state index in [0.717, 1.165) is 12.0 Å². The highest BCUT2D eigenvalue weighted by molar-refractivity contribution is 5.75. The maximum atomic E-state index is 12.0. The Morgan fingerprint density at radius 1 is 1.22 bits per heavy atom. The summed E-state index contributed by atoms with van der Waals surface area (Å²) in [5.74, 6) is -0.138. The molecule has 2 rings (SSSR count). The van der Waals surface area contributed by atoms with Gasteiger partial charge in [-0.05, 0) is 12.0 Å². The van der Waals surface area contributed by atoms with Crippen molar-refractivity contribution in [2.24, 2.45) is 0 Å². The zero-order chi connectivity index (χ0) is 16.7. The lowest BCUT2D eigenvalue weighted by Crippen LogP contribution is -2.26. The quantitative estimate of drug-likeness (QED) is 0.850. The summed E-state index contributed by atoms with van der Waals surface area (Å²) in [6, 6.07) is 9.84. The molecule has 1 aromatic carbocycles. The standard InChI is InChI=1S/C15H17F3N4O/c16-15(17,18)8-6-14(23)19-10-13-21-20-11-22(13)9-7-12-4-2-1-3-5-12/h1-5,11H,6-10H2,(H,19,23). The van der Waals surface area contributed by atoms with Gasteiger partial charge < -0.3 is 9.88 Å². The van der Waals surface area contributed by atoms with Gasteiger partial charge in [0, 0.05) is 13.0 Å². The fourth-order valence-electron chi connectivity index (χ4n) is 2.02. The van der Waals surface area contributed by atoms with Crippen LogP contribution in [0, 0.1) is 0 Å². The van der Waals surface area contributed by atoms with E-state index >= 15 is 0 Å². The van der Waals surface area contributed by atoms with E-state index in [1.807, 2.05) is 30.3 Å². The fourth-order valence-corrected chi connectivity index (χ4v) is 2.02. The van der Waals surface area contributed by atoms with Gasteiger partial charge >= 0.3 is 6.18 Å². The SMILES string of the molecule is O=C(CCC(F)(F)F)NCc1nncn1CCc1ccccc1. The average Bonchev–Trinajstić information content (AvgIpc) is 2.97. The largest absolute Gasteiger partial charge is 0.389 e. The van der Waals surface area contributed by atoms with Crippen molar-refractivity contribution in [1.82, 2.24) is 20.1 Å². The molecule has 1 N–H and O–H groups in total. The lowest BCUT2D eigenvalue weighted by atomic mass is 10.1. The van der Waals surface area contributed by atoms with Crippen LogP contribution in [-0.2, 0) is 24.3 Å². The van der Waals surface area contributed by atoms with Crippen LogP contribution in [0.5, 0.6) is 0 Å². The van der Waals surface area contributed by atoms with Gasteiger partial charge in [-0.1, -0.05) is 30.3 Å². The lowest BCUT2D eigenvalue weighted by Gasteiger charge is -2.09. The molecule has 0 radical (unpaired) electrons. The Bertz CT molecular complexity index is 625. The second-order valence-corrected chi connectivity index (χ2v) is 5.07. The van der Waals surface area contributed by atoms with Crippen molar-refractivity contribution >= 4 is 5.91 Å². The lowest BCUT2D eigenvalue weighted by molar-refractivity contribution is -0.144. The van der Waals surface area contributed by atoms with Gasteiger partial charge in [0.2, 0.25) is 5.91 Å². The first-order valence-corrected chi connectivity index (χ1v) is 7.18. The molecule has 0 saturated carbocycles. The third-order valence-electron chi connectivity index (χ3n) is 3.26. The molecule has 0 spiro atoms. The average molecular weight is 326 g/mol. The number of amides is 1. The van der Waals surface area contributed by atoms with Crippen LogP contribution in [0.3, 0.4) is 0 Å². The predicted octanol–water partition coefficient (Wildman–Crippen LogP) is 2.48. The van der Waals surface area contributed by atoms with Crippen molar-refractivity contribution < 1.29 is 18.0 Å². The molecule has 0 fully saturated rings. The molecule has 0 saturated heterocycles. The van der Waals surface area contributed by atoms with Gasteiger partial charge in [0.05, 0.1) is 13.0 Å². The highest BCUT2D eigenvalue weighted by Crippen LogP contribution is 2.20. The molecule has 1 heterocycles. The van der Waals surface area contributed by atoms with Crippen molar-refractivity contribution in [2.45, 2.75) is 38.5 Å². The second kappa shape index (κ2) is 7.75. The summed E-state index contributed by atoms with van der Waals surface area (Å²) < 4.78 is 37.9. The molecule has 0 bridgehead atoms. The first kappa shape index (κ1) is 17.0. The molecule has 23 heavy (non-hydrogen) atoms. The van der Waals surface area contributed by atoms with Crippen LogP contribution in [0.2, 0.25) is 0 Å². The molecule has 124 valence electrons. The van der Waals surface area contributed by atoms with Crippen LogP contribution in [0.25, 0.3) is 0 Å². The molecule has 1 aromatic heterocycles. The summed E-state index contributed by atoms with van der Waals surface area (Å²) >= 11 is 0. The number of alkyl halides is 3. The summed E-state index contributed by atoms with van der Waals surface area (Å²) in [5, 5.41) is 10.1. The number of carbonyl (C=O) groups is 1. The molecule has 1 amide bonds. The van der Waals surface area contributed by atoms with E-state index in [-0.39, 0.29) is 6.54 Å². The second-order valence-electron chi connectivity index (χ2n) is 5.07. The molecule has 5 nitrogen and oxygen atoms in total. The first-order valence-electron chi connectivity index (χ1n) is 7.18. The molecular weight excluding hydrogens is 309 g/mol. The van der Waals surface area contributed by atoms with E-state index in [1.54, 1.807) is 10.9 Å². The molecule has 8 heteroatoms. The zero-order valence-corrected chi connectivity index (χ0v) is 12.4. The maximum Gasteiger partial charge on any atom is 0.389 e. The van der Waals surface area contributed by atoms with E-state index < -0.39 is 24.9 Å². The number of aromatic nitrogens is 3. The number of rotatable bonds is 7. The maximum absolute atomic E-state index is 12.0. The van der Waals surface area contributed by atoms with Crippen LogP contribution in [0.15, 0.2) is 36.7 Å². The van der Waals surface area contributed by atoms with Crippen LogP contribution in [-0.4, -0.2) is 26.8 Å². The van der Waals surface area contributed by atoms with Crippen molar-refractivity contribution in [2.75, 3.05) is 0 Å². The molecule has 0 atom stereocenters. The number of halogens is 3. The smallest absolute Gasteiger partial charge is 0.349 e. The summed E-state index contributed by atoms with van der Waals surface area (Å²) in [6.45, 7) is 0.691. The van der Waals surface area contributed by atoms with E-state index in [9.17, 15) is 18.0 Å². The first-order chi connectivity index (χ1) is 10.9. The van der Waals surface area contributed by atoms with Crippen molar-refractivity contribution in [3.05, 3.63) is 48.0 Å². The van der Waals surface area contributed by atoms with E-state index in [0.29, 0.717) is 12.4 Å². The Kier molecular flexibility index (Phi) is 5.72. The van der Waals surface area contributed by atoms with Crippen LogP contribution in [0.4, 0.5) is 13.2 Å². The summed E-state index contributed by atoms with van der Waals surface area (Å²) in [7, 11) is 0. The number of carbonyl (C=O) groups excluding carboxylic acids is 1. The number of hydrogen-bond donors (Lipinski definition) is 1. The number of aryl methyl sites for hydroxylation is 2. The molecule has 0 unspecified atom stereocenters. The van der Waals surface area contributed by atoms with E-state index in [2.05, 4.69) is 15.5 Å². The highest BCUT2D eigenvalue weighted by Gasteiger charge is 2.27. The summed E-state index contributed by atoms with van der Waals surface area (Å²) in [6.07, 6.45) is -3.72. The van der Waals surface area contributed by atoms with Crippen molar-refractivity contribution in [3.8, 4) is 0 Å². The summed E-state index contributed by atoms with van der Waals surface area (Å²) in [4.78, 5) is 11.4. The van der Waals surface area contributed by atoms with E-state index in [1.165, 1.54) is 0 Å². The normalized spacial score (nSPS) is 11.4. The van der Waals surface area contributed by atoms with Gasteiger partial charge in [-0.2, -0.15) is 13.2 Å². The van der Waals surface area contributed by atoms with Crippen LogP contribution >= 0.6 is 0 Å². The minimum Gasteiger partial charge on any atom is -0.349 e. The Labute approximate surface area is 131 Å². The molecule has 0 aliphatic heterocycles. The minimum absolute atomic E-state index is 0.0610. The van der Waals surface area contributed by atoms with Crippen LogP contribution < -0.4 is 5.32 Å². The Morgan fingerprint density at radius 2 is 1.96 bits per heavy atom. The number of hydrogen-bond acceptors (Lipinski definition) is 3. The minimum atomic E-state index is -4.33. The topological polar surface area (TPSA) is 59.8 Å². The Hall–Kier alpha value is -2.38. The van der Waals surface area contributed by atoms with Gasteiger partial charge in [-0.25, -0.2) is 0 Å². The summed E-state index contributed by atoms with van der Waals surface area (Å²) in [5.41, 5.74) is 1.15. The molecule has 0 aliphatic rings. The molecule has 2 aromatic rings. The van der Waals surface area contributed by atoms with Crippen LogP contribution in [0.1, 0.15) is 24.2 Å². The van der Waals surface area contributed by atoms with E-state index in [4.69, 9.17) is 0 Å². The predicted molar refractivity (Wildman–Crippen MR) is 77.3 cm³/mol. The Morgan fingerprint density at radius 3 is 2.65 bits per heavy atom. The highest BCUT2D eigenvalue weighted by atomic mass is 19.4. The fraction of sp³-hybridized carbons (Fsp3) is 0.400. The third-order valence-corrected chi connectivity index (χ3v) is 3.26. The van der Waals surface area contributed by atoms with Gasteiger partial charge in [-0.3, -0.25) is 4.79 Å². The van der Waals surface area contributed by atoms with Crippen molar-refractivity contribution in [3.63, 3.8) is 0 Å². The molecule has 0 aliphatic carbocycles. The monoisotopic (exact) mass is 326 g/mol. The number of nitrogens with one attached hydrogen (secondary N) is 1. The van der Waals surface area contributed by atoms with Gasteiger partial charge in [-0.15, -0.1) is 10.2 Å².